The van der Waals surface area contributed by atoms with Crippen molar-refractivity contribution in [3.8, 4) is 11.3 Å². The lowest BCUT2D eigenvalue weighted by atomic mass is 10.0. The van der Waals surface area contributed by atoms with Crippen molar-refractivity contribution >= 4 is 33.9 Å². The smallest absolute Gasteiger partial charge is 0.0780 e. The monoisotopic (exact) mass is 381 g/mol. The minimum atomic E-state index is -1.51. The molecule has 3 aromatic rings. The Balaban J connectivity index is 2.05. The van der Waals surface area contributed by atoms with Crippen LogP contribution in [0.3, 0.4) is 0 Å². The van der Waals surface area contributed by atoms with Crippen molar-refractivity contribution in [2.24, 2.45) is 0 Å². The number of hydrogen-bond acceptors (Lipinski definition) is 2. The van der Waals surface area contributed by atoms with Crippen LogP contribution in [0.1, 0.15) is 39.5 Å². The maximum absolute atomic E-state index is 6.30. The van der Waals surface area contributed by atoms with E-state index in [1.165, 1.54) is 59.6 Å². The van der Waals surface area contributed by atoms with Crippen molar-refractivity contribution in [1.29, 1.82) is 0 Å². The molecule has 0 saturated carbocycles. The molecule has 0 aliphatic carbocycles. The summed E-state index contributed by atoms with van der Waals surface area (Å²) in [6, 6.07) is 18.0. The Bertz CT molecular complexity index is 901. The van der Waals surface area contributed by atoms with E-state index in [2.05, 4.69) is 68.4 Å². The highest BCUT2D eigenvalue weighted by Gasteiger charge is 2.19. The largest absolute Gasteiger partial charge is 0.256 e. The first-order chi connectivity index (χ1) is 12.7. The Labute approximate surface area is 162 Å². The van der Waals surface area contributed by atoms with E-state index < -0.39 is 6.04 Å². The molecular formula is C23H28NPS. The molecule has 1 aromatic heterocycles. The Morgan fingerprint density at radius 3 is 2.35 bits per heavy atom. The molecule has 0 atom stereocenters. The number of unbranched alkanes of at least 4 members (excludes halogenated alkanes) is 2. The van der Waals surface area contributed by atoms with Crippen LogP contribution in [-0.4, -0.2) is 17.3 Å². The van der Waals surface area contributed by atoms with Crippen LogP contribution < -0.4 is 5.30 Å². The van der Waals surface area contributed by atoms with Crippen LogP contribution in [-0.2, 0) is 11.8 Å². The highest BCUT2D eigenvalue weighted by molar-refractivity contribution is 8.18. The first-order valence-electron chi connectivity index (χ1n) is 9.71. The number of pyridine rings is 1. The summed E-state index contributed by atoms with van der Waals surface area (Å²) in [5.41, 5.74) is 2.26. The van der Waals surface area contributed by atoms with E-state index in [4.69, 9.17) is 16.8 Å². The molecule has 0 aliphatic heterocycles. The zero-order valence-electron chi connectivity index (χ0n) is 15.8. The lowest BCUT2D eigenvalue weighted by Gasteiger charge is -2.23. The van der Waals surface area contributed by atoms with Gasteiger partial charge in [0, 0.05) is 17.1 Å². The van der Waals surface area contributed by atoms with E-state index in [1.54, 1.807) is 0 Å². The zero-order chi connectivity index (χ0) is 18.4. The van der Waals surface area contributed by atoms with E-state index >= 15 is 0 Å². The topological polar surface area (TPSA) is 12.9 Å². The van der Waals surface area contributed by atoms with Crippen LogP contribution in [0.25, 0.3) is 22.0 Å². The average Bonchev–Trinajstić information content (AvgIpc) is 2.70. The predicted molar refractivity (Wildman–Crippen MR) is 121 cm³/mol. The van der Waals surface area contributed by atoms with Gasteiger partial charge in [0.2, 0.25) is 0 Å². The maximum atomic E-state index is 6.30. The molecule has 26 heavy (non-hydrogen) atoms. The first-order valence-corrected chi connectivity index (χ1v) is 12.9. The van der Waals surface area contributed by atoms with Gasteiger partial charge in [-0.1, -0.05) is 81.0 Å². The van der Waals surface area contributed by atoms with Gasteiger partial charge in [0.25, 0.3) is 0 Å². The van der Waals surface area contributed by atoms with Crippen LogP contribution in [0.15, 0.2) is 60.8 Å². The molecule has 136 valence electrons. The number of aromatic nitrogens is 1. The minimum Gasteiger partial charge on any atom is -0.256 e. The predicted octanol–water partition coefficient (Wildman–Crippen LogP) is 6.61. The summed E-state index contributed by atoms with van der Waals surface area (Å²) in [5, 5.41) is 3.84. The fraction of sp³-hybridized carbons (Fsp3) is 0.348. The fourth-order valence-electron chi connectivity index (χ4n) is 3.45. The Morgan fingerprint density at radius 1 is 0.885 bits per heavy atom. The van der Waals surface area contributed by atoms with Gasteiger partial charge in [-0.25, -0.2) is 0 Å². The van der Waals surface area contributed by atoms with Gasteiger partial charge in [-0.2, -0.15) is 0 Å². The molecule has 3 heteroatoms. The van der Waals surface area contributed by atoms with Crippen molar-refractivity contribution in [3.63, 3.8) is 0 Å². The summed E-state index contributed by atoms with van der Waals surface area (Å²) < 4.78 is 0. The Morgan fingerprint density at radius 2 is 1.62 bits per heavy atom. The van der Waals surface area contributed by atoms with Crippen molar-refractivity contribution in [2.45, 2.75) is 39.5 Å². The van der Waals surface area contributed by atoms with Gasteiger partial charge >= 0.3 is 0 Å². The third kappa shape index (κ3) is 4.24. The molecule has 2 aromatic carbocycles. The molecule has 0 saturated heterocycles. The zero-order valence-corrected chi connectivity index (χ0v) is 17.5. The molecular weight excluding hydrogens is 353 g/mol. The molecule has 1 nitrogen and oxygen atoms in total. The quantitative estimate of drug-likeness (QED) is 0.407. The van der Waals surface area contributed by atoms with Crippen molar-refractivity contribution in [2.75, 3.05) is 12.3 Å². The molecule has 0 unspecified atom stereocenters. The third-order valence-electron chi connectivity index (χ3n) is 5.01. The second-order valence-corrected chi connectivity index (χ2v) is 12.3. The van der Waals surface area contributed by atoms with Gasteiger partial charge in [0.15, 0.2) is 0 Å². The number of nitrogens with zero attached hydrogens (tertiary/aromatic N) is 1. The average molecular weight is 382 g/mol. The van der Waals surface area contributed by atoms with Crippen LogP contribution >= 0.6 is 6.04 Å². The van der Waals surface area contributed by atoms with Crippen molar-refractivity contribution in [3.05, 3.63) is 60.8 Å². The van der Waals surface area contributed by atoms with E-state index in [0.717, 1.165) is 5.69 Å². The van der Waals surface area contributed by atoms with Crippen LogP contribution in [0, 0.1) is 0 Å². The van der Waals surface area contributed by atoms with Gasteiger partial charge in [0.1, 0.15) is 0 Å². The summed E-state index contributed by atoms with van der Waals surface area (Å²) in [4.78, 5) is 4.70. The number of hydrogen-bond donors (Lipinski definition) is 0. The highest BCUT2D eigenvalue weighted by Crippen LogP contribution is 2.47. The minimum absolute atomic E-state index is 1.07. The highest BCUT2D eigenvalue weighted by atomic mass is 32.4. The molecule has 0 aliphatic rings. The molecule has 0 spiro atoms. The van der Waals surface area contributed by atoms with Gasteiger partial charge in [0.05, 0.1) is 5.69 Å². The van der Waals surface area contributed by atoms with E-state index in [-0.39, 0.29) is 0 Å². The van der Waals surface area contributed by atoms with Crippen LogP contribution in [0.2, 0.25) is 0 Å². The Hall–Kier alpha value is -1.50. The number of fused-ring (bicyclic) bond motifs is 1. The standard InChI is InChI=1S/C23H28NPS/c1-3-5-16-25(26,17-6-4-2)21-12-9-11-20(18-21)23-22-13-8-7-10-19(22)14-15-24-23/h7-15,18H,3-6,16-17H2,1-2H3. The third-order valence-corrected chi connectivity index (χ3v) is 10.0. The van der Waals surface area contributed by atoms with Gasteiger partial charge < -0.3 is 0 Å². The van der Waals surface area contributed by atoms with Gasteiger partial charge in [-0.3, -0.25) is 4.98 Å². The normalized spacial score (nSPS) is 11.8. The molecule has 1 heterocycles. The summed E-state index contributed by atoms with van der Waals surface area (Å²) in [6.45, 7) is 4.52. The van der Waals surface area contributed by atoms with Gasteiger partial charge in [-0.05, 0) is 54.0 Å². The van der Waals surface area contributed by atoms with E-state index in [9.17, 15) is 0 Å². The summed E-state index contributed by atoms with van der Waals surface area (Å²) in [5.74, 6) is 0. The second-order valence-electron chi connectivity index (χ2n) is 6.97. The number of rotatable bonds is 8. The van der Waals surface area contributed by atoms with Crippen LogP contribution in [0.5, 0.6) is 0 Å². The molecule has 0 bridgehead atoms. The molecule has 0 fully saturated rings. The van der Waals surface area contributed by atoms with Crippen molar-refractivity contribution in [1.82, 2.24) is 4.98 Å². The van der Waals surface area contributed by atoms with Crippen molar-refractivity contribution < 1.29 is 0 Å². The summed E-state index contributed by atoms with van der Waals surface area (Å²) >= 11 is 6.30. The SMILES string of the molecule is CCCCP(=S)(CCCC)c1cccc(-c2nccc3ccccc23)c1. The van der Waals surface area contributed by atoms with E-state index in [1.807, 2.05) is 6.20 Å². The summed E-state index contributed by atoms with van der Waals surface area (Å²) in [7, 11) is 0. The Kier molecular flexibility index (Phi) is 6.62. The molecule has 0 radical (unpaired) electrons. The lowest BCUT2D eigenvalue weighted by molar-refractivity contribution is 0.870. The fourth-order valence-corrected chi connectivity index (χ4v) is 7.69. The second kappa shape index (κ2) is 8.93. The van der Waals surface area contributed by atoms with Crippen LogP contribution in [0.4, 0.5) is 0 Å². The summed E-state index contributed by atoms with van der Waals surface area (Å²) in [6.07, 6.45) is 9.19. The lowest BCUT2D eigenvalue weighted by Crippen LogP contribution is -2.11. The number of benzene rings is 2. The van der Waals surface area contributed by atoms with E-state index in [0.29, 0.717) is 0 Å². The van der Waals surface area contributed by atoms with Gasteiger partial charge in [-0.15, -0.1) is 0 Å². The molecule has 3 rings (SSSR count). The first kappa shape index (κ1) is 19.3. The molecule has 0 N–H and O–H groups in total. The molecule has 0 amide bonds. The maximum Gasteiger partial charge on any atom is 0.0780 e.